The van der Waals surface area contributed by atoms with E-state index in [2.05, 4.69) is 21.7 Å². The van der Waals surface area contributed by atoms with E-state index in [1.807, 2.05) is 12.3 Å². The fourth-order valence-corrected chi connectivity index (χ4v) is 2.21. The minimum Gasteiger partial charge on any atom is -0.352 e. The summed E-state index contributed by atoms with van der Waals surface area (Å²) in [5.41, 5.74) is 2.49. The molecule has 0 fully saturated rings. The highest BCUT2D eigenvalue weighted by Gasteiger charge is 2.05. The van der Waals surface area contributed by atoms with E-state index >= 15 is 0 Å². The summed E-state index contributed by atoms with van der Waals surface area (Å²) in [6.07, 6.45) is 6.53. The Morgan fingerprint density at radius 2 is 1.87 bits per heavy atom. The maximum Gasteiger partial charge on any atom is 0.251 e. The molecular formula is C18H21N3O2. The van der Waals surface area contributed by atoms with Crippen molar-refractivity contribution in [3.63, 3.8) is 0 Å². The Bertz CT molecular complexity index is 639. The number of carbonyl (C=O) groups excluding carboxylic acids is 2. The van der Waals surface area contributed by atoms with E-state index in [0.29, 0.717) is 17.8 Å². The molecular weight excluding hydrogens is 290 g/mol. The van der Waals surface area contributed by atoms with Crippen molar-refractivity contribution in [2.75, 3.05) is 11.9 Å². The first kappa shape index (κ1) is 16.7. The van der Waals surface area contributed by atoms with Crippen LogP contribution < -0.4 is 10.6 Å². The summed E-state index contributed by atoms with van der Waals surface area (Å²) in [7, 11) is 0. The normalized spacial score (nSPS) is 10.1. The van der Waals surface area contributed by atoms with E-state index in [4.69, 9.17) is 0 Å². The average Bonchev–Trinajstić information content (AvgIpc) is 2.55. The predicted molar refractivity (Wildman–Crippen MR) is 90.3 cm³/mol. The first-order valence-corrected chi connectivity index (χ1v) is 7.70. The van der Waals surface area contributed by atoms with Gasteiger partial charge in [-0.1, -0.05) is 6.07 Å². The minimum atomic E-state index is -0.129. The third kappa shape index (κ3) is 5.90. The van der Waals surface area contributed by atoms with Crippen molar-refractivity contribution in [3.05, 3.63) is 59.9 Å². The molecule has 0 saturated heterocycles. The number of pyridine rings is 1. The fraction of sp³-hybridized carbons (Fsp3) is 0.278. The lowest BCUT2D eigenvalue weighted by Crippen LogP contribution is -2.24. The Balaban J connectivity index is 1.69. The van der Waals surface area contributed by atoms with Crippen molar-refractivity contribution >= 4 is 17.5 Å². The number of nitrogens with one attached hydrogen (secondary N) is 2. The van der Waals surface area contributed by atoms with Gasteiger partial charge in [0.1, 0.15) is 0 Å². The molecule has 5 heteroatoms. The number of benzene rings is 1. The van der Waals surface area contributed by atoms with Gasteiger partial charge < -0.3 is 10.6 Å². The lowest BCUT2D eigenvalue weighted by molar-refractivity contribution is -0.114. The second-order valence-electron chi connectivity index (χ2n) is 5.33. The summed E-state index contributed by atoms with van der Waals surface area (Å²) >= 11 is 0. The summed E-state index contributed by atoms with van der Waals surface area (Å²) < 4.78 is 0. The summed E-state index contributed by atoms with van der Waals surface area (Å²) in [5, 5.41) is 5.57. The van der Waals surface area contributed by atoms with Crippen LogP contribution >= 0.6 is 0 Å². The molecule has 0 bridgehead atoms. The molecule has 2 amide bonds. The van der Waals surface area contributed by atoms with Crippen LogP contribution in [0.25, 0.3) is 0 Å². The van der Waals surface area contributed by atoms with Gasteiger partial charge in [-0.15, -0.1) is 0 Å². The van der Waals surface area contributed by atoms with Crippen molar-refractivity contribution in [2.45, 2.75) is 26.2 Å². The SMILES string of the molecule is CC(=O)Nc1ccc(C(=O)NCCCCc2cccnc2)cc1. The van der Waals surface area contributed by atoms with E-state index in [-0.39, 0.29) is 11.8 Å². The Morgan fingerprint density at radius 3 is 2.52 bits per heavy atom. The highest BCUT2D eigenvalue weighted by molar-refractivity contribution is 5.95. The van der Waals surface area contributed by atoms with Gasteiger partial charge in [0, 0.05) is 37.1 Å². The summed E-state index contributed by atoms with van der Waals surface area (Å²) in [6.45, 7) is 2.10. The molecule has 0 aliphatic heterocycles. The van der Waals surface area contributed by atoms with Crippen molar-refractivity contribution in [2.24, 2.45) is 0 Å². The Kier molecular flexibility index (Phi) is 6.29. The number of hydrogen-bond donors (Lipinski definition) is 2. The molecule has 1 aromatic heterocycles. The van der Waals surface area contributed by atoms with E-state index in [0.717, 1.165) is 19.3 Å². The molecule has 0 unspecified atom stereocenters. The van der Waals surface area contributed by atoms with Crippen LogP contribution in [0.1, 0.15) is 35.7 Å². The third-order valence-corrected chi connectivity index (χ3v) is 3.37. The molecule has 1 heterocycles. The highest BCUT2D eigenvalue weighted by atomic mass is 16.2. The summed E-state index contributed by atoms with van der Waals surface area (Å²) in [6, 6.07) is 10.8. The Morgan fingerprint density at radius 1 is 1.09 bits per heavy atom. The van der Waals surface area contributed by atoms with Gasteiger partial charge >= 0.3 is 0 Å². The molecule has 5 nitrogen and oxygen atoms in total. The van der Waals surface area contributed by atoms with Crippen LogP contribution in [0.3, 0.4) is 0 Å². The van der Waals surface area contributed by atoms with Gasteiger partial charge in [-0.3, -0.25) is 14.6 Å². The quantitative estimate of drug-likeness (QED) is 0.772. The Hall–Kier alpha value is -2.69. The fourth-order valence-electron chi connectivity index (χ4n) is 2.21. The van der Waals surface area contributed by atoms with E-state index < -0.39 is 0 Å². The maximum atomic E-state index is 12.0. The number of anilines is 1. The van der Waals surface area contributed by atoms with Crippen LogP contribution in [0.4, 0.5) is 5.69 Å². The first-order valence-electron chi connectivity index (χ1n) is 7.70. The Labute approximate surface area is 136 Å². The second kappa shape index (κ2) is 8.68. The summed E-state index contributed by atoms with van der Waals surface area (Å²) in [5.74, 6) is -0.225. The number of unbranched alkanes of at least 4 members (excludes halogenated alkanes) is 1. The molecule has 2 N–H and O–H groups in total. The molecule has 2 rings (SSSR count). The predicted octanol–water partition coefficient (Wildman–Crippen LogP) is 2.79. The number of amides is 2. The maximum absolute atomic E-state index is 12.0. The molecule has 0 radical (unpaired) electrons. The van der Waals surface area contributed by atoms with Crippen LogP contribution in [-0.4, -0.2) is 23.3 Å². The zero-order valence-corrected chi connectivity index (χ0v) is 13.2. The van der Waals surface area contributed by atoms with E-state index in [9.17, 15) is 9.59 Å². The number of aryl methyl sites for hydroxylation is 1. The first-order chi connectivity index (χ1) is 11.1. The zero-order chi connectivity index (χ0) is 16.5. The largest absolute Gasteiger partial charge is 0.352 e. The standard InChI is InChI=1S/C18H21N3O2/c1-14(22)21-17-9-7-16(8-10-17)18(23)20-12-3-2-5-15-6-4-11-19-13-15/h4,6-11,13H,2-3,5,12H2,1H3,(H,20,23)(H,21,22). The molecule has 23 heavy (non-hydrogen) atoms. The molecule has 0 aliphatic carbocycles. The summed E-state index contributed by atoms with van der Waals surface area (Å²) in [4.78, 5) is 27.0. The minimum absolute atomic E-state index is 0.0965. The van der Waals surface area contributed by atoms with Gasteiger partial charge in [0.2, 0.25) is 5.91 Å². The van der Waals surface area contributed by atoms with Gasteiger partial charge in [-0.2, -0.15) is 0 Å². The number of carbonyl (C=O) groups is 2. The van der Waals surface area contributed by atoms with Crippen LogP contribution in [0, 0.1) is 0 Å². The molecule has 120 valence electrons. The van der Waals surface area contributed by atoms with Crippen molar-refractivity contribution in [1.29, 1.82) is 0 Å². The van der Waals surface area contributed by atoms with Crippen LogP contribution in [-0.2, 0) is 11.2 Å². The van der Waals surface area contributed by atoms with Gasteiger partial charge in [-0.25, -0.2) is 0 Å². The van der Waals surface area contributed by atoms with Gasteiger partial charge in [-0.05, 0) is 55.2 Å². The van der Waals surface area contributed by atoms with Crippen LogP contribution in [0.15, 0.2) is 48.8 Å². The van der Waals surface area contributed by atoms with Gasteiger partial charge in [0.05, 0.1) is 0 Å². The van der Waals surface area contributed by atoms with Crippen LogP contribution in [0.5, 0.6) is 0 Å². The average molecular weight is 311 g/mol. The van der Waals surface area contributed by atoms with Crippen molar-refractivity contribution < 1.29 is 9.59 Å². The number of aromatic nitrogens is 1. The monoisotopic (exact) mass is 311 g/mol. The lowest BCUT2D eigenvalue weighted by atomic mass is 10.1. The number of nitrogens with zero attached hydrogens (tertiary/aromatic N) is 1. The topological polar surface area (TPSA) is 71.1 Å². The molecule has 0 saturated carbocycles. The molecule has 0 spiro atoms. The zero-order valence-electron chi connectivity index (χ0n) is 13.2. The molecule has 1 aromatic carbocycles. The van der Waals surface area contributed by atoms with Gasteiger partial charge in [0.15, 0.2) is 0 Å². The number of rotatable bonds is 7. The van der Waals surface area contributed by atoms with E-state index in [1.165, 1.54) is 12.5 Å². The second-order valence-corrected chi connectivity index (χ2v) is 5.33. The molecule has 0 atom stereocenters. The third-order valence-electron chi connectivity index (χ3n) is 3.37. The van der Waals surface area contributed by atoms with Gasteiger partial charge in [0.25, 0.3) is 5.91 Å². The molecule has 2 aromatic rings. The smallest absolute Gasteiger partial charge is 0.251 e. The molecule has 0 aliphatic rings. The number of hydrogen-bond acceptors (Lipinski definition) is 3. The van der Waals surface area contributed by atoms with Crippen molar-refractivity contribution in [1.82, 2.24) is 10.3 Å². The van der Waals surface area contributed by atoms with E-state index in [1.54, 1.807) is 30.5 Å². The van der Waals surface area contributed by atoms with Crippen LogP contribution in [0.2, 0.25) is 0 Å². The lowest BCUT2D eigenvalue weighted by Gasteiger charge is -2.07. The highest BCUT2D eigenvalue weighted by Crippen LogP contribution is 2.09. The van der Waals surface area contributed by atoms with Crippen molar-refractivity contribution in [3.8, 4) is 0 Å².